The van der Waals surface area contributed by atoms with E-state index in [-0.39, 0.29) is 12.5 Å². The van der Waals surface area contributed by atoms with Gasteiger partial charge in [-0.15, -0.1) is 0 Å². The predicted molar refractivity (Wildman–Crippen MR) is 78.2 cm³/mol. The van der Waals surface area contributed by atoms with E-state index in [4.69, 9.17) is 9.84 Å². The highest BCUT2D eigenvalue weighted by atomic mass is 16.5. The number of nitrogens with zero attached hydrogens (tertiary/aromatic N) is 1. The van der Waals surface area contributed by atoms with Crippen molar-refractivity contribution in [3.63, 3.8) is 0 Å². The van der Waals surface area contributed by atoms with Gasteiger partial charge in [-0.05, 0) is 44.4 Å². The van der Waals surface area contributed by atoms with Gasteiger partial charge in [-0.25, -0.2) is 0 Å². The van der Waals surface area contributed by atoms with Crippen molar-refractivity contribution in [1.29, 1.82) is 0 Å². The SMILES string of the molecule is Cc1cccc(OC(C)C(=O)N2CCC[C@@H](C(=O)O)C2)c1. The van der Waals surface area contributed by atoms with E-state index in [0.717, 1.165) is 12.0 Å². The second kappa shape index (κ2) is 6.61. The third-order valence-electron chi connectivity index (χ3n) is 3.73. The zero-order chi connectivity index (χ0) is 15.4. The van der Waals surface area contributed by atoms with Crippen molar-refractivity contribution in [1.82, 2.24) is 4.90 Å². The molecule has 0 bridgehead atoms. The molecule has 0 saturated carbocycles. The van der Waals surface area contributed by atoms with E-state index >= 15 is 0 Å². The van der Waals surface area contributed by atoms with Crippen molar-refractivity contribution in [2.24, 2.45) is 5.92 Å². The van der Waals surface area contributed by atoms with E-state index in [2.05, 4.69) is 0 Å². The first kappa shape index (κ1) is 15.4. The number of benzene rings is 1. The number of hydrogen-bond acceptors (Lipinski definition) is 3. The molecular formula is C16H21NO4. The molecule has 1 aliphatic rings. The number of rotatable bonds is 4. The normalized spacial score (nSPS) is 19.9. The van der Waals surface area contributed by atoms with Gasteiger partial charge in [0.15, 0.2) is 6.10 Å². The number of piperidine rings is 1. The van der Waals surface area contributed by atoms with Gasteiger partial charge in [-0.2, -0.15) is 0 Å². The smallest absolute Gasteiger partial charge is 0.308 e. The second-order valence-corrected chi connectivity index (χ2v) is 5.54. The van der Waals surface area contributed by atoms with Gasteiger partial charge in [0.25, 0.3) is 5.91 Å². The summed E-state index contributed by atoms with van der Waals surface area (Å²) in [5.41, 5.74) is 1.07. The molecule has 1 fully saturated rings. The molecule has 2 atom stereocenters. The molecule has 1 saturated heterocycles. The maximum atomic E-state index is 12.4. The molecule has 21 heavy (non-hydrogen) atoms. The van der Waals surface area contributed by atoms with Crippen LogP contribution in [0.25, 0.3) is 0 Å². The van der Waals surface area contributed by atoms with Crippen LogP contribution in [0, 0.1) is 12.8 Å². The van der Waals surface area contributed by atoms with Gasteiger partial charge in [-0.3, -0.25) is 9.59 Å². The van der Waals surface area contributed by atoms with Gasteiger partial charge in [0, 0.05) is 13.1 Å². The fraction of sp³-hybridized carbons (Fsp3) is 0.500. The number of aliphatic carboxylic acids is 1. The Kier molecular flexibility index (Phi) is 4.83. The van der Waals surface area contributed by atoms with Gasteiger partial charge in [0.05, 0.1) is 5.92 Å². The van der Waals surface area contributed by atoms with Crippen molar-refractivity contribution in [2.75, 3.05) is 13.1 Å². The maximum Gasteiger partial charge on any atom is 0.308 e. The molecule has 1 aromatic carbocycles. The molecule has 5 nitrogen and oxygen atoms in total. The Morgan fingerprint density at radius 3 is 2.86 bits per heavy atom. The van der Waals surface area contributed by atoms with Gasteiger partial charge in [-0.1, -0.05) is 12.1 Å². The first-order valence-electron chi connectivity index (χ1n) is 7.22. The van der Waals surface area contributed by atoms with E-state index < -0.39 is 18.0 Å². The number of carboxylic acids is 1. The summed E-state index contributed by atoms with van der Waals surface area (Å²) in [5.74, 6) is -0.793. The summed E-state index contributed by atoms with van der Waals surface area (Å²) in [4.78, 5) is 25.0. The van der Waals surface area contributed by atoms with Gasteiger partial charge in [0.1, 0.15) is 5.75 Å². The second-order valence-electron chi connectivity index (χ2n) is 5.54. The minimum Gasteiger partial charge on any atom is -0.481 e. The average molecular weight is 291 g/mol. The summed E-state index contributed by atoms with van der Waals surface area (Å²) in [6.45, 7) is 4.54. The minimum atomic E-state index is -0.834. The van der Waals surface area contributed by atoms with Crippen LogP contribution in [0.5, 0.6) is 5.75 Å². The molecule has 1 N–H and O–H groups in total. The van der Waals surface area contributed by atoms with E-state index in [1.54, 1.807) is 11.8 Å². The molecule has 5 heteroatoms. The van der Waals surface area contributed by atoms with Crippen molar-refractivity contribution in [3.05, 3.63) is 29.8 Å². The Bertz CT molecular complexity index is 529. The van der Waals surface area contributed by atoms with Crippen molar-refractivity contribution in [2.45, 2.75) is 32.8 Å². The molecule has 2 rings (SSSR count). The number of carbonyl (C=O) groups is 2. The Labute approximate surface area is 124 Å². The zero-order valence-electron chi connectivity index (χ0n) is 12.4. The first-order chi connectivity index (χ1) is 9.97. The molecular weight excluding hydrogens is 270 g/mol. The standard InChI is InChI=1S/C16H21NO4/c1-11-5-3-7-14(9-11)21-12(2)15(18)17-8-4-6-13(10-17)16(19)20/h3,5,7,9,12-13H,4,6,8,10H2,1-2H3,(H,19,20)/t12?,13-/m1/s1. The number of amides is 1. The molecule has 1 heterocycles. The lowest BCUT2D eigenvalue weighted by molar-refractivity contribution is -0.147. The van der Waals surface area contributed by atoms with Crippen LogP contribution < -0.4 is 4.74 Å². The van der Waals surface area contributed by atoms with E-state index in [9.17, 15) is 9.59 Å². The average Bonchev–Trinajstić information content (AvgIpc) is 2.46. The summed E-state index contributed by atoms with van der Waals surface area (Å²) < 4.78 is 5.67. The predicted octanol–water partition coefficient (Wildman–Crippen LogP) is 2.09. The van der Waals surface area contributed by atoms with Gasteiger partial charge >= 0.3 is 5.97 Å². The molecule has 0 spiro atoms. The number of carboxylic acid groups (broad SMARTS) is 1. The van der Waals surface area contributed by atoms with Crippen LogP contribution in [-0.4, -0.2) is 41.1 Å². The summed E-state index contributed by atoms with van der Waals surface area (Å²) in [6.07, 6.45) is 0.742. The number of carbonyl (C=O) groups excluding carboxylic acids is 1. The highest BCUT2D eigenvalue weighted by Gasteiger charge is 2.30. The maximum absolute atomic E-state index is 12.4. The number of aryl methyl sites for hydroxylation is 1. The van der Waals surface area contributed by atoms with E-state index in [1.165, 1.54) is 0 Å². The largest absolute Gasteiger partial charge is 0.481 e. The van der Waals surface area contributed by atoms with Crippen LogP contribution in [0.1, 0.15) is 25.3 Å². The van der Waals surface area contributed by atoms with Crippen LogP contribution in [0.4, 0.5) is 0 Å². The van der Waals surface area contributed by atoms with Crippen LogP contribution in [0.2, 0.25) is 0 Å². The van der Waals surface area contributed by atoms with Crippen molar-refractivity contribution in [3.8, 4) is 5.75 Å². The highest BCUT2D eigenvalue weighted by molar-refractivity contribution is 5.82. The molecule has 1 unspecified atom stereocenters. The quantitative estimate of drug-likeness (QED) is 0.922. The first-order valence-corrected chi connectivity index (χ1v) is 7.22. The summed E-state index contributed by atoms with van der Waals surface area (Å²) >= 11 is 0. The highest BCUT2D eigenvalue weighted by Crippen LogP contribution is 2.19. The minimum absolute atomic E-state index is 0.151. The van der Waals surface area contributed by atoms with E-state index in [1.807, 2.05) is 31.2 Å². The number of hydrogen-bond donors (Lipinski definition) is 1. The third-order valence-corrected chi connectivity index (χ3v) is 3.73. The summed E-state index contributed by atoms with van der Waals surface area (Å²) in [7, 11) is 0. The Hall–Kier alpha value is -2.04. The lowest BCUT2D eigenvalue weighted by Gasteiger charge is -2.32. The molecule has 1 amide bonds. The van der Waals surface area contributed by atoms with Crippen LogP contribution in [0.15, 0.2) is 24.3 Å². The van der Waals surface area contributed by atoms with Crippen molar-refractivity contribution >= 4 is 11.9 Å². The monoisotopic (exact) mass is 291 g/mol. The van der Waals surface area contributed by atoms with Crippen molar-refractivity contribution < 1.29 is 19.4 Å². The molecule has 0 radical (unpaired) electrons. The fourth-order valence-electron chi connectivity index (χ4n) is 2.58. The van der Waals surface area contributed by atoms with Gasteiger partial charge in [0.2, 0.25) is 0 Å². The number of likely N-dealkylation sites (tertiary alicyclic amines) is 1. The Balaban J connectivity index is 1.97. The summed E-state index contributed by atoms with van der Waals surface area (Å²) in [6, 6.07) is 7.53. The number of ether oxygens (including phenoxy) is 1. The zero-order valence-corrected chi connectivity index (χ0v) is 12.4. The van der Waals surface area contributed by atoms with E-state index in [0.29, 0.717) is 18.7 Å². The Morgan fingerprint density at radius 1 is 1.43 bits per heavy atom. The molecule has 0 aliphatic carbocycles. The molecule has 114 valence electrons. The van der Waals surface area contributed by atoms with Crippen LogP contribution in [-0.2, 0) is 9.59 Å². The molecule has 0 aromatic heterocycles. The lowest BCUT2D eigenvalue weighted by atomic mass is 9.98. The third kappa shape index (κ3) is 3.97. The van der Waals surface area contributed by atoms with Crippen LogP contribution in [0.3, 0.4) is 0 Å². The summed E-state index contributed by atoms with van der Waals surface area (Å²) in [5, 5.41) is 9.07. The lowest BCUT2D eigenvalue weighted by Crippen LogP contribution is -2.47. The molecule has 1 aromatic rings. The molecule has 1 aliphatic heterocycles. The fourth-order valence-corrected chi connectivity index (χ4v) is 2.58. The Morgan fingerprint density at radius 2 is 2.19 bits per heavy atom. The van der Waals surface area contributed by atoms with Crippen LogP contribution >= 0.6 is 0 Å². The van der Waals surface area contributed by atoms with Gasteiger partial charge < -0.3 is 14.7 Å². The topological polar surface area (TPSA) is 66.8 Å².